The second-order valence-corrected chi connectivity index (χ2v) is 7.14. The molecule has 1 atom stereocenters. The van der Waals surface area contributed by atoms with Gasteiger partial charge in [0, 0.05) is 37.4 Å². The fourth-order valence-corrected chi connectivity index (χ4v) is 3.45. The van der Waals surface area contributed by atoms with Crippen molar-refractivity contribution in [2.75, 3.05) is 6.54 Å². The van der Waals surface area contributed by atoms with E-state index in [1.807, 2.05) is 0 Å². The van der Waals surface area contributed by atoms with Gasteiger partial charge in [0.1, 0.15) is 11.4 Å². The van der Waals surface area contributed by atoms with Crippen molar-refractivity contribution in [1.29, 1.82) is 0 Å². The van der Waals surface area contributed by atoms with Gasteiger partial charge >= 0.3 is 0 Å². The Morgan fingerprint density at radius 2 is 2.05 bits per heavy atom. The van der Waals surface area contributed by atoms with Crippen LogP contribution in [0.2, 0.25) is 0 Å². The van der Waals surface area contributed by atoms with Crippen molar-refractivity contribution in [3.05, 3.63) is 29.3 Å². The first-order valence-electron chi connectivity index (χ1n) is 8.23. The highest BCUT2D eigenvalue weighted by Gasteiger charge is 2.34. The molecule has 0 aliphatic carbocycles. The van der Waals surface area contributed by atoms with E-state index in [0.29, 0.717) is 6.04 Å². The Hall–Kier alpha value is -0.670. The summed E-state index contributed by atoms with van der Waals surface area (Å²) < 4.78 is 8.33. The summed E-state index contributed by atoms with van der Waals surface area (Å²) in [5.41, 5.74) is 2.52. The van der Waals surface area contributed by atoms with Crippen molar-refractivity contribution in [1.82, 2.24) is 4.31 Å². The Morgan fingerprint density at radius 1 is 1.29 bits per heavy atom. The van der Waals surface area contributed by atoms with E-state index >= 15 is 0 Å². The summed E-state index contributed by atoms with van der Waals surface area (Å²) >= 11 is 5.68. The highest BCUT2D eigenvalue weighted by atomic mass is 32.1. The molecule has 0 N–H and O–H groups in total. The highest BCUT2D eigenvalue weighted by molar-refractivity contribution is 7.77. The van der Waals surface area contributed by atoms with Gasteiger partial charge in [-0.1, -0.05) is 44.9 Å². The monoisotopic (exact) mass is 306 g/mol. The van der Waals surface area contributed by atoms with Crippen LogP contribution in [0.15, 0.2) is 18.2 Å². The number of benzene rings is 1. The maximum absolute atomic E-state index is 6.23. The van der Waals surface area contributed by atoms with Crippen LogP contribution in [0.4, 0.5) is 0 Å². The Balaban J connectivity index is 2.28. The predicted molar refractivity (Wildman–Crippen MR) is 91.7 cm³/mol. The fraction of sp³-hybridized carbons (Fsp3) is 0.667. The summed E-state index contributed by atoms with van der Waals surface area (Å²) in [7, 11) is 0. The van der Waals surface area contributed by atoms with Gasteiger partial charge in [0.2, 0.25) is 0 Å². The van der Waals surface area contributed by atoms with Crippen molar-refractivity contribution < 1.29 is 4.74 Å². The summed E-state index contributed by atoms with van der Waals surface area (Å²) in [5.74, 6) is 1.09. The SMILES string of the molecule is CCCCN([S])C(CCC)c1cccc2c1OC(C)(C)C2. The van der Waals surface area contributed by atoms with Gasteiger partial charge in [0.25, 0.3) is 0 Å². The van der Waals surface area contributed by atoms with Gasteiger partial charge in [0.05, 0.1) is 0 Å². The maximum Gasteiger partial charge on any atom is 0.128 e. The lowest BCUT2D eigenvalue weighted by atomic mass is 9.96. The Morgan fingerprint density at radius 3 is 2.71 bits per heavy atom. The average molecular weight is 306 g/mol. The van der Waals surface area contributed by atoms with E-state index in [-0.39, 0.29) is 5.60 Å². The molecule has 0 spiro atoms. The van der Waals surface area contributed by atoms with Crippen LogP contribution in [-0.4, -0.2) is 16.5 Å². The summed E-state index contributed by atoms with van der Waals surface area (Å²) in [6.45, 7) is 9.74. The zero-order chi connectivity index (χ0) is 15.5. The maximum atomic E-state index is 6.23. The molecule has 0 saturated carbocycles. The standard InChI is InChI=1S/C18H28NOS/c1-5-7-12-19(21)16(9-6-2)15-11-8-10-14-13-18(3,4)20-17(14)15/h8,10-11,16H,5-7,9,12-13H2,1-4H3. The molecule has 1 aromatic rings. The first kappa shape index (κ1) is 16.7. The number of hydrogen-bond donors (Lipinski definition) is 0. The number of unbranched alkanes of at least 4 members (excludes halogenated alkanes) is 1. The van der Waals surface area contributed by atoms with Gasteiger partial charge in [0.15, 0.2) is 0 Å². The van der Waals surface area contributed by atoms with Crippen molar-refractivity contribution in [3.8, 4) is 5.75 Å². The molecular formula is C18H28NOS. The second-order valence-electron chi connectivity index (χ2n) is 6.67. The minimum absolute atomic E-state index is 0.0924. The number of hydrogen-bond acceptors (Lipinski definition) is 2. The predicted octanol–water partition coefficient (Wildman–Crippen LogP) is 5.46. The zero-order valence-electron chi connectivity index (χ0n) is 13.8. The van der Waals surface area contributed by atoms with E-state index in [2.05, 4.69) is 50.2 Å². The van der Waals surface area contributed by atoms with Crippen LogP contribution in [0, 0.1) is 0 Å². The smallest absolute Gasteiger partial charge is 0.128 e. The van der Waals surface area contributed by atoms with Crippen molar-refractivity contribution >= 4 is 12.8 Å². The van der Waals surface area contributed by atoms with Gasteiger partial charge in [-0.2, -0.15) is 0 Å². The van der Waals surface area contributed by atoms with Crippen LogP contribution in [-0.2, 0) is 6.42 Å². The van der Waals surface area contributed by atoms with Gasteiger partial charge < -0.3 is 4.74 Å². The van der Waals surface area contributed by atoms with E-state index in [9.17, 15) is 0 Å². The fourth-order valence-electron chi connectivity index (χ4n) is 3.10. The number of fused-ring (bicyclic) bond motifs is 1. The van der Waals surface area contributed by atoms with Crippen molar-refractivity contribution in [2.24, 2.45) is 0 Å². The van der Waals surface area contributed by atoms with Crippen molar-refractivity contribution in [3.63, 3.8) is 0 Å². The minimum Gasteiger partial charge on any atom is -0.487 e. The molecule has 117 valence electrons. The molecule has 1 heterocycles. The van der Waals surface area contributed by atoms with Crippen molar-refractivity contribution in [2.45, 2.75) is 71.4 Å². The summed E-state index contributed by atoms with van der Waals surface area (Å²) in [5, 5.41) is 0. The molecule has 0 fully saturated rings. The van der Waals surface area contributed by atoms with E-state index in [4.69, 9.17) is 17.6 Å². The Kier molecular flexibility index (Phi) is 5.61. The molecule has 1 radical (unpaired) electrons. The molecule has 2 rings (SSSR count). The Bertz CT molecular complexity index is 472. The first-order chi connectivity index (χ1) is 9.98. The zero-order valence-corrected chi connectivity index (χ0v) is 14.6. The van der Waals surface area contributed by atoms with Gasteiger partial charge in [-0.15, -0.1) is 0 Å². The summed E-state index contributed by atoms with van der Waals surface area (Å²) in [6.07, 6.45) is 5.55. The largest absolute Gasteiger partial charge is 0.487 e. The third-order valence-electron chi connectivity index (χ3n) is 4.12. The molecule has 0 saturated heterocycles. The summed E-state index contributed by atoms with van der Waals surface area (Å²) in [6, 6.07) is 6.84. The quantitative estimate of drug-likeness (QED) is 0.663. The minimum atomic E-state index is -0.0924. The van der Waals surface area contributed by atoms with E-state index in [1.54, 1.807) is 0 Å². The van der Waals surface area contributed by atoms with Crippen LogP contribution >= 0.6 is 12.8 Å². The number of rotatable bonds is 7. The van der Waals surface area contributed by atoms with Crippen LogP contribution in [0.5, 0.6) is 5.75 Å². The van der Waals surface area contributed by atoms with Crippen LogP contribution in [0.3, 0.4) is 0 Å². The molecule has 1 unspecified atom stereocenters. The molecule has 21 heavy (non-hydrogen) atoms. The number of para-hydroxylation sites is 1. The highest BCUT2D eigenvalue weighted by Crippen LogP contribution is 2.43. The van der Waals surface area contributed by atoms with E-state index < -0.39 is 0 Å². The molecule has 3 heteroatoms. The number of nitrogens with zero attached hydrogens (tertiary/aromatic N) is 1. The molecule has 1 aliphatic rings. The van der Waals surface area contributed by atoms with Gasteiger partial charge in [-0.25, -0.2) is 4.31 Å². The molecule has 0 bridgehead atoms. The van der Waals surface area contributed by atoms with Crippen LogP contribution in [0.25, 0.3) is 0 Å². The first-order valence-corrected chi connectivity index (χ1v) is 8.59. The Labute approximate surface area is 135 Å². The van der Waals surface area contributed by atoms with E-state index in [1.165, 1.54) is 17.5 Å². The van der Waals surface area contributed by atoms with Gasteiger partial charge in [-0.05, 0) is 32.3 Å². The normalized spacial score (nSPS) is 17.6. The molecule has 0 amide bonds. The van der Waals surface area contributed by atoms with Crippen LogP contribution in [0.1, 0.15) is 70.5 Å². The molecular weight excluding hydrogens is 278 g/mol. The molecule has 1 aliphatic heterocycles. The second kappa shape index (κ2) is 7.06. The lowest BCUT2D eigenvalue weighted by Crippen LogP contribution is -2.26. The van der Waals surface area contributed by atoms with E-state index in [0.717, 1.165) is 38.0 Å². The third-order valence-corrected chi connectivity index (χ3v) is 4.56. The summed E-state index contributed by atoms with van der Waals surface area (Å²) in [4.78, 5) is 0. The van der Waals surface area contributed by atoms with Crippen LogP contribution < -0.4 is 4.74 Å². The molecule has 0 aromatic heterocycles. The molecule has 2 nitrogen and oxygen atoms in total. The van der Waals surface area contributed by atoms with Gasteiger partial charge in [-0.3, -0.25) is 0 Å². The average Bonchev–Trinajstić information content (AvgIpc) is 2.76. The lowest BCUT2D eigenvalue weighted by molar-refractivity contribution is 0.135. The third kappa shape index (κ3) is 3.95. The number of ether oxygens (including phenoxy) is 1. The topological polar surface area (TPSA) is 12.5 Å². The lowest BCUT2D eigenvalue weighted by Gasteiger charge is -2.28. The molecule has 1 aromatic carbocycles.